The van der Waals surface area contributed by atoms with Gasteiger partial charge in [-0.1, -0.05) is 6.92 Å². The normalized spacial score (nSPS) is 21.2. The van der Waals surface area contributed by atoms with Gasteiger partial charge in [-0.15, -0.1) is 0 Å². The number of hydrogen-bond acceptors (Lipinski definition) is 3. The van der Waals surface area contributed by atoms with Crippen molar-refractivity contribution in [2.75, 3.05) is 13.1 Å². The van der Waals surface area contributed by atoms with E-state index in [2.05, 4.69) is 5.32 Å². The zero-order valence-electron chi connectivity index (χ0n) is 10.4. The van der Waals surface area contributed by atoms with Crippen molar-refractivity contribution in [3.8, 4) is 0 Å². The van der Waals surface area contributed by atoms with Gasteiger partial charge in [0.15, 0.2) is 0 Å². The van der Waals surface area contributed by atoms with Crippen LogP contribution in [0.1, 0.15) is 26.2 Å². The van der Waals surface area contributed by atoms with Crippen molar-refractivity contribution in [3.05, 3.63) is 0 Å². The maximum Gasteiger partial charge on any atom is 0.326 e. The number of primary amides is 1. The maximum atomic E-state index is 11.8. The van der Waals surface area contributed by atoms with E-state index in [0.29, 0.717) is 25.8 Å². The van der Waals surface area contributed by atoms with Crippen molar-refractivity contribution in [2.45, 2.75) is 32.2 Å². The number of piperidine rings is 1. The van der Waals surface area contributed by atoms with Crippen LogP contribution < -0.4 is 11.1 Å². The molecular weight excluding hydrogens is 238 g/mol. The van der Waals surface area contributed by atoms with Crippen molar-refractivity contribution in [3.63, 3.8) is 0 Å². The minimum Gasteiger partial charge on any atom is -0.480 e. The SMILES string of the molecule is CC[C@H](NC(=O)N1CCCC(C(N)=O)C1)C(=O)O. The number of hydrogen-bond donors (Lipinski definition) is 3. The lowest BCUT2D eigenvalue weighted by molar-refractivity contribution is -0.139. The Morgan fingerprint density at radius 2 is 2.17 bits per heavy atom. The van der Waals surface area contributed by atoms with Crippen molar-refractivity contribution in [2.24, 2.45) is 11.7 Å². The molecule has 0 radical (unpaired) electrons. The van der Waals surface area contributed by atoms with Gasteiger partial charge in [0.1, 0.15) is 6.04 Å². The van der Waals surface area contributed by atoms with E-state index in [4.69, 9.17) is 10.8 Å². The largest absolute Gasteiger partial charge is 0.480 e. The van der Waals surface area contributed by atoms with Gasteiger partial charge in [-0.05, 0) is 19.3 Å². The molecule has 7 heteroatoms. The molecule has 1 rings (SSSR count). The summed E-state index contributed by atoms with van der Waals surface area (Å²) in [6.07, 6.45) is 1.69. The van der Waals surface area contributed by atoms with E-state index < -0.39 is 23.9 Å². The van der Waals surface area contributed by atoms with Gasteiger partial charge in [-0.3, -0.25) is 4.79 Å². The summed E-state index contributed by atoms with van der Waals surface area (Å²) in [6.45, 7) is 2.46. The summed E-state index contributed by atoms with van der Waals surface area (Å²) >= 11 is 0. The van der Waals surface area contributed by atoms with Crippen molar-refractivity contribution < 1.29 is 19.5 Å². The predicted octanol–water partition coefficient (Wildman–Crippen LogP) is -0.243. The third-order valence-corrected chi connectivity index (χ3v) is 3.12. The number of amides is 3. The fraction of sp³-hybridized carbons (Fsp3) is 0.727. The van der Waals surface area contributed by atoms with Gasteiger partial charge in [-0.25, -0.2) is 9.59 Å². The number of carboxylic acids is 1. The highest BCUT2D eigenvalue weighted by atomic mass is 16.4. The second-order valence-electron chi connectivity index (χ2n) is 4.44. The molecule has 1 fully saturated rings. The first-order valence-corrected chi connectivity index (χ1v) is 6.03. The molecule has 1 aliphatic heterocycles. The second kappa shape index (κ2) is 6.23. The quantitative estimate of drug-likeness (QED) is 0.644. The topological polar surface area (TPSA) is 113 Å². The van der Waals surface area contributed by atoms with Crippen LogP contribution in [0.15, 0.2) is 0 Å². The molecule has 0 aliphatic carbocycles. The van der Waals surface area contributed by atoms with Gasteiger partial charge in [0.2, 0.25) is 5.91 Å². The van der Waals surface area contributed by atoms with Gasteiger partial charge in [0, 0.05) is 13.1 Å². The van der Waals surface area contributed by atoms with Gasteiger partial charge in [0.25, 0.3) is 0 Å². The van der Waals surface area contributed by atoms with Crippen LogP contribution in [0.5, 0.6) is 0 Å². The Hall–Kier alpha value is -1.79. The van der Waals surface area contributed by atoms with E-state index in [0.717, 1.165) is 0 Å². The van der Waals surface area contributed by atoms with Crippen LogP contribution in [0.25, 0.3) is 0 Å². The summed E-state index contributed by atoms with van der Waals surface area (Å²) < 4.78 is 0. The summed E-state index contributed by atoms with van der Waals surface area (Å²) in [7, 11) is 0. The Morgan fingerprint density at radius 1 is 1.50 bits per heavy atom. The van der Waals surface area contributed by atoms with Gasteiger partial charge in [-0.2, -0.15) is 0 Å². The molecule has 0 saturated carbocycles. The van der Waals surface area contributed by atoms with Crippen LogP contribution in [0, 0.1) is 5.92 Å². The number of rotatable bonds is 4. The molecule has 18 heavy (non-hydrogen) atoms. The molecule has 1 saturated heterocycles. The average molecular weight is 257 g/mol. The Balaban J connectivity index is 2.55. The zero-order valence-corrected chi connectivity index (χ0v) is 10.4. The lowest BCUT2D eigenvalue weighted by Gasteiger charge is -2.32. The molecule has 0 aromatic rings. The predicted molar refractivity (Wildman–Crippen MR) is 63.7 cm³/mol. The monoisotopic (exact) mass is 257 g/mol. The number of aliphatic carboxylic acids is 1. The van der Waals surface area contributed by atoms with E-state index in [9.17, 15) is 14.4 Å². The van der Waals surface area contributed by atoms with Crippen molar-refractivity contribution >= 4 is 17.9 Å². The molecule has 7 nitrogen and oxygen atoms in total. The molecule has 1 unspecified atom stereocenters. The van der Waals surface area contributed by atoms with Gasteiger partial charge >= 0.3 is 12.0 Å². The number of carboxylic acid groups (broad SMARTS) is 1. The molecular formula is C11H19N3O4. The number of nitrogens with zero attached hydrogens (tertiary/aromatic N) is 1. The van der Waals surface area contributed by atoms with E-state index >= 15 is 0 Å². The Labute approximate surface area is 105 Å². The molecule has 0 bridgehead atoms. The summed E-state index contributed by atoms with van der Waals surface area (Å²) in [6, 6.07) is -1.35. The van der Waals surface area contributed by atoms with Crippen molar-refractivity contribution in [1.82, 2.24) is 10.2 Å². The highest BCUT2D eigenvalue weighted by Crippen LogP contribution is 2.16. The molecule has 0 aromatic heterocycles. The van der Waals surface area contributed by atoms with E-state index in [1.165, 1.54) is 4.90 Å². The number of carbonyl (C=O) groups excluding carboxylic acids is 2. The number of nitrogens with two attached hydrogens (primary N) is 1. The Kier molecular flexibility index (Phi) is 4.94. The minimum atomic E-state index is -1.06. The standard InChI is InChI=1S/C11H19N3O4/c1-2-8(10(16)17)13-11(18)14-5-3-4-7(6-14)9(12)15/h7-8H,2-6H2,1H3,(H2,12,15)(H,13,18)(H,16,17)/t7?,8-/m0/s1. The van der Waals surface area contributed by atoms with E-state index in [1.54, 1.807) is 6.92 Å². The Bertz CT molecular complexity index is 345. The van der Waals surface area contributed by atoms with E-state index in [1.807, 2.05) is 0 Å². The molecule has 0 spiro atoms. The van der Waals surface area contributed by atoms with Crippen molar-refractivity contribution in [1.29, 1.82) is 0 Å². The fourth-order valence-electron chi connectivity index (χ4n) is 1.97. The molecule has 4 N–H and O–H groups in total. The summed E-state index contributed by atoms with van der Waals surface area (Å²) in [5.74, 6) is -1.82. The van der Waals surface area contributed by atoms with Gasteiger partial charge < -0.3 is 21.1 Å². The van der Waals surface area contributed by atoms with E-state index in [-0.39, 0.29) is 12.5 Å². The summed E-state index contributed by atoms with van der Waals surface area (Å²) in [4.78, 5) is 35.2. The lowest BCUT2D eigenvalue weighted by Crippen LogP contribution is -2.52. The number of carbonyl (C=O) groups is 3. The van der Waals surface area contributed by atoms with Gasteiger partial charge in [0.05, 0.1) is 5.92 Å². The summed E-state index contributed by atoms with van der Waals surface area (Å²) in [5.41, 5.74) is 5.21. The molecule has 1 heterocycles. The first-order valence-electron chi connectivity index (χ1n) is 6.03. The van der Waals surface area contributed by atoms with Crippen LogP contribution in [0.3, 0.4) is 0 Å². The number of nitrogens with one attached hydrogen (secondary N) is 1. The smallest absolute Gasteiger partial charge is 0.326 e. The number of likely N-dealkylation sites (tertiary alicyclic amines) is 1. The molecule has 0 aromatic carbocycles. The average Bonchev–Trinajstić information content (AvgIpc) is 2.35. The molecule has 1 aliphatic rings. The molecule has 3 amide bonds. The second-order valence-corrected chi connectivity index (χ2v) is 4.44. The highest BCUT2D eigenvalue weighted by molar-refractivity contribution is 5.83. The maximum absolute atomic E-state index is 11.8. The summed E-state index contributed by atoms with van der Waals surface area (Å²) in [5, 5.41) is 11.3. The minimum absolute atomic E-state index is 0.261. The van der Waals surface area contributed by atoms with Crippen LogP contribution in [0.2, 0.25) is 0 Å². The Morgan fingerprint density at radius 3 is 2.67 bits per heavy atom. The first-order chi connectivity index (χ1) is 8.45. The lowest BCUT2D eigenvalue weighted by atomic mass is 9.98. The number of urea groups is 1. The first kappa shape index (κ1) is 14.3. The molecule has 2 atom stereocenters. The van der Waals surface area contributed by atoms with Crippen LogP contribution in [-0.4, -0.2) is 47.0 Å². The fourth-order valence-corrected chi connectivity index (χ4v) is 1.97. The van der Waals surface area contributed by atoms with Crippen LogP contribution >= 0.6 is 0 Å². The highest BCUT2D eigenvalue weighted by Gasteiger charge is 2.28. The molecule has 102 valence electrons. The zero-order chi connectivity index (χ0) is 13.7. The third kappa shape index (κ3) is 3.61. The van der Waals surface area contributed by atoms with Crippen LogP contribution in [0.4, 0.5) is 4.79 Å². The van der Waals surface area contributed by atoms with Crippen LogP contribution in [-0.2, 0) is 9.59 Å². The third-order valence-electron chi connectivity index (χ3n) is 3.12.